The summed E-state index contributed by atoms with van der Waals surface area (Å²) in [6, 6.07) is 7.59. The second-order valence-electron chi connectivity index (χ2n) is 4.55. The molecule has 3 aromatic rings. The van der Waals surface area contributed by atoms with Gasteiger partial charge in [-0.25, -0.2) is 14.2 Å². The lowest BCUT2D eigenvalue weighted by atomic mass is 10.1. The first kappa shape index (κ1) is 14.2. The van der Waals surface area contributed by atoms with Crippen molar-refractivity contribution in [3.05, 3.63) is 64.3 Å². The van der Waals surface area contributed by atoms with Gasteiger partial charge in [0.05, 0.1) is 16.5 Å². The average Bonchev–Trinajstić information content (AvgIpc) is 2.47. The van der Waals surface area contributed by atoms with Crippen molar-refractivity contribution in [1.29, 1.82) is 0 Å². The van der Waals surface area contributed by atoms with Gasteiger partial charge in [-0.15, -0.1) is 0 Å². The van der Waals surface area contributed by atoms with Crippen molar-refractivity contribution < 1.29 is 22.0 Å². The second kappa shape index (κ2) is 4.94. The maximum Gasteiger partial charge on any atom is 0.416 e. The van der Waals surface area contributed by atoms with E-state index in [4.69, 9.17) is 4.42 Å². The molecule has 1 heterocycles. The second-order valence-corrected chi connectivity index (χ2v) is 4.55. The molecule has 0 saturated heterocycles. The number of nitrogens with zero attached hydrogens (tertiary/aromatic N) is 1. The molecule has 1 aromatic heterocycles. The molecule has 3 nitrogen and oxygen atoms in total. The van der Waals surface area contributed by atoms with E-state index in [-0.39, 0.29) is 22.4 Å². The van der Waals surface area contributed by atoms with Crippen LogP contribution in [-0.4, -0.2) is 4.98 Å². The SMILES string of the molecule is O=c1oc(-c2cccc(C(F)(F)F)c2)nc2ccc(F)cc12. The Hall–Kier alpha value is -2.70. The zero-order valence-corrected chi connectivity index (χ0v) is 10.8. The van der Waals surface area contributed by atoms with Gasteiger partial charge in [-0.2, -0.15) is 13.2 Å². The third-order valence-electron chi connectivity index (χ3n) is 3.03. The van der Waals surface area contributed by atoms with E-state index < -0.39 is 23.2 Å². The van der Waals surface area contributed by atoms with E-state index in [2.05, 4.69) is 4.98 Å². The predicted octanol–water partition coefficient (Wildman–Crippen LogP) is 4.01. The fraction of sp³-hybridized carbons (Fsp3) is 0.0667. The highest BCUT2D eigenvalue weighted by atomic mass is 19.4. The number of fused-ring (bicyclic) bond motifs is 1. The molecule has 0 aliphatic rings. The molecule has 22 heavy (non-hydrogen) atoms. The van der Waals surface area contributed by atoms with Crippen LogP contribution in [0.2, 0.25) is 0 Å². The number of aromatic nitrogens is 1. The van der Waals surface area contributed by atoms with Crippen molar-refractivity contribution in [3.63, 3.8) is 0 Å². The molecule has 0 fully saturated rings. The lowest BCUT2D eigenvalue weighted by Gasteiger charge is -2.08. The van der Waals surface area contributed by atoms with E-state index in [0.29, 0.717) is 0 Å². The van der Waals surface area contributed by atoms with Gasteiger partial charge < -0.3 is 4.42 Å². The van der Waals surface area contributed by atoms with Crippen molar-refractivity contribution in [2.75, 3.05) is 0 Å². The van der Waals surface area contributed by atoms with Crippen molar-refractivity contribution in [2.45, 2.75) is 6.18 Å². The number of halogens is 4. The minimum absolute atomic E-state index is 0.0122. The van der Waals surface area contributed by atoms with Gasteiger partial charge in [-0.1, -0.05) is 6.07 Å². The molecule has 0 bridgehead atoms. The molecular formula is C15H7F4NO2. The quantitative estimate of drug-likeness (QED) is 0.638. The van der Waals surface area contributed by atoms with Gasteiger partial charge in [-0.3, -0.25) is 0 Å². The van der Waals surface area contributed by atoms with Crippen LogP contribution >= 0.6 is 0 Å². The van der Waals surface area contributed by atoms with Gasteiger partial charge in [0.15, 0.2) is 0 Å². The molecule has 0 saturated carbocycles. The Bertz CT molecular complexity index is 915. The molecule has 0 spiro atoms. The fourth-order valence-corrected chi connectivity index (χ4v) is 2.00. The van der Waals surface area contributed by atoms with E-state index in [0.717, 1.165) is 24.3 Å². The highest BCUT2D eigenvalue weighted by Gasteiger charge is 2.30. The Kier molecular flexibility index (Phi) is 3.20. The summed E-state index contributed by atoms with van der Waals surface area (Å²) in [6.45, 7) is 0. The van der Waals surface area contributed by atoms with E-state index in [1.54, 1.807) is 0 Å². The molecule has 7 heteroatoms. The van der Waals surface area contributed by atoms with Gasteiger partial charge in [0, 0.05) is 5.56 Å². The molecule has 0 radical (unpaired) electrons. The van der Waals surface area contributed by atoms with Gasteiger partial charge in [0.2, 0.25) is 5.89 Å². The minimum Gasteiger partial charge on any atom is -0.403 e. The molecule has 0 amide bonds. The molecule has 2 aromatic carbocycles. The summed E-state index contributed by atoms with van der Waals surface area (Å²) in [7, 11) is 0. The highest BCUT2D eigenvalue weighted by Crippen LogP contribution is 2.31. The van der Waals surface area contributed by atoms with Crippen LogP contribution in [0, 0.1) is 5.82 Å². The minimum atomic E-state index is -4.52. The topological polar surface area (TPSA) is 43.1 Å². The number of benzene rings is 2. The van der Waals surface area contributed by atoms with Gasteiger partial charge in [0.25, 0.3) is 0 Å². The molecule has 0 aliphatic heterocycles. The van der Waals surface area contributed by atoms with E-state index >= 15 is 0 Å². The largest absolute Gasteiger partial charge is 0.416 e. The third kappa shape index (κ3) is 2.57. The maximum atomic E-state index is 13.1. The van der Waals surface area contributed by atoms with Crippen LogP contribution in [0.1, 0.15) is 5.56 Å². The summed E-state index contributed by atoms with van der Waals surface area (Å²) in [5.41, 5.74) is -1.59. The molecule has 0 aliphatic carbocycles. The van der Waals surface area contributed by atoms with Crippen LogP contribution in [0.15, 0.2) is 51.7 Å². The standard InChI is InChI=1S/C15H7F4NO2/c16-10-4-5-12-11(7-10)14(21)22-13(20-12)8-2-1-3-9(6-8)15(17,18)19/h1-7H. The van der Waals surface area contributed by atoms with E-state index in [1.807, 2.05) is 0 Å². The summed E-state index contributed by atoms with van der Waals surface area (Å²) < 4.78 is 56.1. The normalized spacial score (nSPS) is 11.8. The number of hydrogen-bond donors (Lipinski definition) is 0. The Morgan fingerprint density at radius 3 is 2.55 bits per heavy atom. The highest BCUT2D eigenvalue weighted by molar-refractivity contribution is 5.78. The van der Waals surface area contributed by atoms with Crippen molar-refractivity contribution in [3.8, 4) is 11.5 Å². The number of rotatable bonds is 1. The molecule has 0 atom stereocenters. The van der Waals surface area contributed by atoms with Gasteiger partial charge in [0.1, 0.15) is 5.82 Å². The average molecular weight is 309 g/mol. The molecule has 0 unspecified atom stereocenters. The van der Waals surface area contributed by atoms with Crippen molar-refractivity contribution >= 4 is 10.9 Å². The third-order valence-corrected chi connectivity index (χ3v) is 3.03. The van der Waals surface area contributed by atoms with Crippen LogP contribution < -0.4 is 5.63 Å². The smallest absolute Gasteiger partial charge is 0.403 e. The zero-order valence-electron chi connectivity index (χ0n) is 10.8. The van der Waals surface area contributed by atoms with Crippen LogP contribution in [0.5, 0.6) is 0 Å². The first-order chi connectivity index (χ1) is 10.3. The van der Waals surface area contributed by atoms with Crippen LogP contribution in [-0.2, 0) is 6.18 Å². The van der Waals surface area contributed by atoms with Crippen LogP contribution in [0.25, 0.3) is 22.4 Å². The Morgan fingerprint density at radius 2 is 1.82 bits per heavy atom. The summed E-state index contributed by atoms with van der Waals surface area (Å²) in [5.74, 6) is -0.886. The Labute approximate surface area is 120 Å². The monoisotopic (exact) mass is 309 g/mol. The fourth-order valence-electron chi connectivity index (χ4n) is 2.00. The summed E-state index contributed by atoms with van der Waals surface area (Å²) in [6.07, 6.45) is -4.52. The van der Waals surface area contributed by atoms with Gasteiger partial charge in [-0.05, 0) is 36.4 Å². The van der Waals surface area contributed by atoms with Crippen LogP contribution in [0.3, 0.4) is 0 Å². The molecule has 3 rings (SSSR count). The summed E-state index contributed by atoms with van der Waals surface area (Å²) in [4.78, 5) is 15.8. The predicted molar refractivity (Wildman–Crippen MR) is 70.7 cm³/mol. The van der Waals surface area contributed by atoms with Gasteiger partial charge >= 0.3 is 11.8 Å². The Balaban J connectivity index is 2.19. The van der Waals surface area contributed by atoms with Crippen LogP contribution in [0.4, 0.5) is 17.6 Å². The lowest BCUT2D eigenvalue weighted by Crippen LogP contribution is -2.06. The van der Waals surface area contributed by atoms with E-state index in [1.165, 1.54) is 18.2 Å². The maximum absolute atomic E-state index is 13.1. The number of hydrogen-bond acceptors (Lipinski definition) is 3. The molecule has 0 N–H and O–H groups in total. The first-order valence-corrected chi connectivity index (χ1v) is 6.12. The lowest BCUT2D eigenvalue weighted by molar-refractivity contribution is -0.137. The molecule has 112 valence electrons. The summed E-state index contributed by atoms with van der Waals surface area (Å²) >= 11 is 0. The van der Waals surface area contributed by atoms with E-state index in [9.17, 15) is 22.4 Å². The van der Waals surface area contributed by atoms with Crippen molar-refractivity contribution in [1.82, 2.24) is 4.98 Å². The van der Waals surface area contributed by atoms with Crippen molar-refractivity contribution in [2.24, 2.45) is 0 Å². The molecular weight excluding hydrogens is 302 g/mol. The zero-order chi connectivity index (χ0) is 15.9. The number of alkyl halides is 3. The first-order valence-electron chi connectivity index (χ1n) is 6.12. The summed E-state index contributed by atoms with van der Waals surface area (Å²) in [5, 5.41) is -0.0734. The Morgan fingerprint density at radius 1 is 1.05 bits per heavy atom.